The largest absolute Gasteiger partial charge is 0.481 e. The Kier molecular flexibility index (Phi) is 9.15. The molecular weight excluding hydrogens is 262 g/mol. The summed E-state index contributed by atoms with van der Waals surface area (Å²) < 4.78 is 0. The Morgan fingerprint density at radius 2 is 1.75 bits per heavy atom. The molecule has 0 aliphatic rings. The second kappa shape index (κ2) is 10.1. The molecule has 3 amide bonds. The van der Waals surface area contributed by atoms with Crippen LogP contribution in [0.1, 0.15) is 33.6 Å². The topological polar surface area (TPSA) is 108 Å². The van der Waals surface area contributed by atoms with Crippen LogP contribution in [0.4, 0.5) is 4.79 Å². The van der Waals surface area contributed by atoms with Crippen molar-refractivity contribution in [2.45, 2.75) is 33.6 Å². The van der Waals surface area contributed by atoms with Crippen LogP contribution in [0.5, 0.6) is 0 Å². The Balaban J connectivity index is 3.95. The van der Waals surface area contributed by atoms with Crippen molar-refractivity contribution in [1.82, 2.24) is 16.0 Å². The van der Waals surface area contributed by atoms with Crippen LogP contribution in [0.15, 0.2) is 0 Å². The molecule has 0 radical (unpaired) electrons. The molecule has 0 heterocycles. The van der Waals surface area contributed by atoms with Gasteiger partial charge >= 0.3 is 12.0 Å². The summed E-state index contributed by atoms with van der Waals surface area (Å²) >= 11 is 0. The number of carboxylic acid groups (broad SMARTS) is 1. The number of nitrogens with one attached hydrogen (secondary N) is 3. The highest BCUT2D eigenvalue weighted by molar-refractivity contribution is 5.84. The fraction of sp³-hybridized carbons (Fsp3) is 0.769. The number of aliphatic carboxylic acids is 1. The van der Waals surface area contributed by atoms with Gasteiger partial charge in [-0.2, -0.15) is 0 Å². The molecule has 0 bridgehead atoms. The highest BCUT2D eigenvalue weighted by atomic mass is 16.4. The first-order valence-electron chi connectivity index (χ1n) is 6.88. The number of amides is 3. The average Bonchev–Trinajstić information content (AvgIpc) is 2.37. The van der Waals surface area contributed by atoms with E-state index < -0.39 is 17.9 Å². The number of urea groups is 1. The van der Waals surface area contributed by atoms with Gasteiger partial charge in [-0.25, -0.2) is 4.79 Å². The van der Waals surface area contributed by atoms with Gasteiger partial charge in [-0.05, 0) is 18.8 Å². The first-order chi connectivity index (χ1) is 9.36. The standard InChI is InChI=1S/C13H25N3O4/c1-4-5-14-11(17)8-16-13(20)15-7-10(12(18)19)6-9(2)3/h9-10H,4-8H2,1-3H3,(H,14,17)(H,18,19)(H2,15,16,20). The fourth-order valence-electron chi connectivity index (χ4n) is 1.61. The van der Waals surface area contributed by atoms with Crippen LogP contribution in [-0.4, -0.2) is 42.6 Å². The van der Waals surface area contributed by atoms with Gasteiger partial charge in [0.15, 0.2) is 0 Å². The van der Waals surface area contributed by atoms with E-state index in [0.717, 1.165) is 6.42 Å². The third kappa shape index (κ3) is 9.18. The van der Waals surface area contributed by atoms with Gasteiger partial charge in [0.05, 0.1) is 12.5 Å². The Hall–Kier alpha value is -1.79. The van der Waals surface area contributed by atoms with E-state index in [0.29, 0.717) is 13.0 Å². The summed E-state index contributed by atoms with van der Waals surface area (Å²) in [7, 11) is 0. The van der Waals surface area contributed by atoms with E-state index in [1.807, 2.05) is 20.8 Å². The molecular formula is C13H25N3O4. The minimum Gasteiger partial charge on any atom is -0.481 e. The second-order valence-electron chi connectivity index (χ2n) is 5.08. The zero-order chi connectivity index (χ0) is 15.5. The highest BCUT2D eigenvalue weighted by Gasteiger charge is 2.19. The maximum atomic E-state index is 11.4. The van der Waals surface area contributed by atoms with Crippen LogP contribution in [-0.2, 0) is 9.59 Å². The Bertz CT molecular complexity index is 332. The first kappa shape index (κ1) is 18.2. The molecule has 0 spiro atoms. The molecule has 7 heteroatoms. The minimum atomic E-state index is -0.931. The molecule has 0 aromatic heterocycles. The summed E-state index contributed by atoms with van der Waals surface area (Å²) in [6, 6.07) is -0.536. The smallest absolute Gasteiger partial charge is 0.315 e. The summed E-state index contributed by atoms with van der Waals surface area (Å²) in [5.74, 6) is -1.57. The molecule has 7 nitrogen and oxygen atoms in total. The number of rotatable bonds is 9. The van der Waals surface area contributed by atoms with Crippen LogP contribution in [0.3, 0.4) is 0 Å². The quantitative estimate of drug-likeness (QED) is 0.497. The van der Waals surface area contributed by atoms with Crippen LogP contribution in [0, 0.1) is 11.8 Å². The Morgan fingerprint density at radius 3 is 2.25 bits per heavy atom. The Labute approximate surface area is 119 Å². The number of hydrogen-bond acceptors (Lipinski definition) is 3. The molecule has 0 aromatic carbocycles. The second-order valence-corrected chi connectivity index (χ2v) is 5.08. The monoisotopic (exact) mass is 287 g/mol. The highest BCUT2D eigenvalue weighted by Crippen LogP contribution is 2.10. The molecule has 0 aliphatic carbocycles. The van der Waals surface area contributed by atoms with Crippen LogP contribution >= 0.6 is 0 Å². The molecule has 0 aliphatic heterocycles. The van der Waals surface area contributed by atoms with Gasteiger partial charge in [0, 0.05) is 13.1 Å². The first-order valence-corrected chi connectivity index (χ1v) is 6.88. The van der Waals surface area contributed by atoms with Gasteiger partial charge in [-0.3, -0.25) is 9.59 Å². The van der Waals surface area contributed by atoms with Gasteiger partial charge in [-0.15, -0.1) is 0 Å². The van der Waals surface area contributed by atoms with E-state index in [1.165, 1.54) is 0 Å². The van der Waals surface area contributed by atoms with Crippen molar-refractivity contribution < 1.29 is 19.5 Å². The van der Waals surface area contributed by atoms with Gasteiger partial charge in [0.2, 0.25) is 5.91 Å². The van der Waals surface area contributed by atoms with Crippen LogP contribution in [0.25, 0.3) is 0 Å². The van der Waals surface area contributed by atoms with Crippen LogP contribution < -0.4 is 16.0 Å². The van der Waals surface area contributed by atoms with Gasteiger partial charge in [-0.1, -0.05) is 20.8 Å². The van der Waals surface area contributed by atoms with Crippen molar-refractivity contribution in [3.05, 3.63) is 0 Å². The third-order valence-corrected chi connectivity index (χ3v) is 2.60. The summed E-state index contributed by atoms with van der Waals surface area (Å²) in [6.45, 7) is 6.28. The lowest BCUT2D eigenvalue weighted by Gasteiger charge is -2.15. The van der Waals surface area contributed by atoms with E-state index in [2.05, 4.69) is 16.0 Å². The molecule has 20 heavy (non-hydrogen) atoms. The number of carbonyl (C=O) groups excluding carboxylic acids is 2. The molecule has 1 unspecified atom stereocenters. The van der Waals surface area contributed by atoms with Gasteiger partial charge in [0.25, 0.3) is 0 Å². The summed E-state index contributed by atoms with van der Waals surface area (Å²) in [6.07, 6.45) is 1.32. The number of carbonyl (C=O) groups is 3. The zero-order valence-corrected chi connectivity index (χ0v) is 12.4. The van der Waals surface area contributed by atoms with Crippen molar-refractivity contribution in [3.63, 3.8) is 0 Å². The van der Waals surface area contributed by atoms with Crippen molar-refractivity contribution in [2.75, 3.05) is 19.6 Å². The molecule has 0 fully saturated rings. The van der Waals surface area contributed by atoms with Crippen molar-refractivity contribution in [1.29, 1.82) is 0 Å². The maximum absolute atomic E-state index is 11.4. The van der Waals surface area contributed by atoms with E-state index in [4.69, 9.17) is 5.11 Å². The average molecular weight is 287 g/mol. The molecule has 0 rings (SSSR count). The predicted octanol–water partition coefficient (Wildman–Crippen LogP) is 0.559. The summed E-state index contributed by atoms with van der Waals surface area (Å²) in [5, 5.41) is 16.5. The fourth-order valence-corrected chi connectivity index (χ4v) is 1.61. The summed E-state index contributed by atoms with van der Waals surface area (Å²) in [4.78, 5) is 33.7. The maximum Gasteiger partial charge on any atom is 0.315 e. The lowest BCUT2D eigenvalue weighted by atomic mass is 9.97. The van der Waals surface area contributed by atoms with Crippen molar-refractivity contribution >= 4 is 17.9 Å². The minimum absolute atomic E-state index is 0.0515. The number of carboxylic acids is 1. The van der Waals surface area contributed by atoms with E-state index in [9.17, 15) is 14.4 Å². The van der Waals surface area contributed by atoms with E-state index in [-0.39, 0.29) is 24.9 Å². The van der Waals surface area contributed by atoms with Gasteiger partial charge in [0.1, 0.15) is 0 Å². The van der Waals surface area contributed by atoms with E-state index >= 15 is 0 Å². The normalized spacial score (nSPS) is 11.8. The molecule has 4 N–H and O–H groups in total. The Morgan fingerprint density at radius 1 is 1.10 bits per heavy atom. The summed E-state index contributed by atoms with van der Waals surface area (Å²) in [5.41, 5.74) is 0. The zero-order valence-electron chi connectivity index (χ0n) is 12.4. The predicted molar refractivity (Wildman–Crippen MR) is 75.3 cm³/mol. The SMILES string of the molecule is CCCNC(=O)CNC(=O)NCC(CC(C)C)C(=O)O. The van der Waals surface area contributed by atoms with Crippen LogP contribution in [0.2, 0.25) is 0 Å². The number of hydrogen-bond donors (Lipinski definition) is 4. The molecule has 116 valence electrons. The van der Waals surface area contributed by atoms with Crippen molar-refractivity contribution in [3.8, 4) is 0 Å². The molecule has 1 atom stereocenters. The van der Waals surface area contributed by atoms with Crippen molar-refractivity contribution in [2.24, 2.45) is 11.8 Å². The lowest BCUT2D eigenvalue weighted by Crippen LogP contribution is -2.44. The lowest BCUT2D eigenvalue weighted by molar-refractivity contribution is -0.142. The van der Waals surface area contributed by atoms with Gasteiger partial charge < -0.3 is 21.1 Å². The third-order valence-electron chi connectivity index (χ3n) is 2.60. The molecule has 0 saturated heterocycles. The van der Waals surface area contributed by atoms with E-state index in [1.54, 1.807) is 0 Å². The molecule has 0 saturated carbocycles. The molecule has 0 aromatic rings.